The lowest BCUT2D eigenvalue weighted by atomic mass is 10.2. The van der Waals surface area contributed by atoms with E-state index in [1.54, 1.807) is 13.0 Å². The molecular formula is C13H20FN3O2S. The Morgan fingerprint density at radius 3 is 2.75 bits per heavy atom. The fraction of sp³-hybridized carbons (Fsp3) is 0.538. The average molecular weight is 301 g/mol. The second kappa shape index (κ2) is 6.62. The molecule has 0 amide bonds. The Hall–Kier alpha value is -1.02. The maximum Gasteiger partial charge on any atom is 0.243 e. The summed E-state index contributed by atoms with van der Waals surface area (Å²) in [6.07, 6.45) is 0. The topological polar surface area (TPSA) is 61.4 Å². The molecule has 2 rings (SSSR count). The van der Waals surface area contributed by atoms with E-state index in [4.69, 9.17) is 0 Å². The predicted octanol–water partition coefficient (Wildman–Crippen LogP) is 0.318. The molecule has 0 aromatic heterocycles. The molecule has 20 heavy (non-hydrogen) atoms. The highest BCUT2D eigenvalue weighted by molar-refractivity contribution is 7.89. The van der Waals surface area contributed by atoms with Gasteiger partial charge in [0.25, 0.3) is 0 Å². The van der Waals surface area contributed by atoms with Crippen LogP contribution in [-0.2, 0) is 10.0 Å². The van der Waals surface area contributed by atoms with E-state index < -0.39 is 15.8 Å². The third-order valence-corrected chi connectivity index (χ3v) is 4.78. The standard InChI is InChI=1S/C13H20FN3O2S/c1-11-2-3-12(14)13(10-11)20(18,19)16-6-9-17-7-4-15-5-8-17/h2-3,10,15-16H,4-9H2,1H3. The van der Waals surface area contributed by atoms with Crippen molar-refractivity contribution in [2.45, 2.75) is 11.8 Å². The van der Waals surface area contributed by atoms with Gasteiger partial charge in [0.05, 0.1) is 0 Å². The zero-order valence-corrected chi connectivity index (χ0v) is 12.3. The minimum Gasteiger partial charge on any atom is -0.314 e. The molecule has 0 saturated carbocycles. The Morgan fingerprint density at radius 1 is 1.35 bits per heavy atom. The minimum atomic E-state index is -3.78. The molecule has 0 aliphatic carbocycles. The summed E-state index contributed by atoms with van der Waals surface area (Å²) in [5.74, 6) is -0.717. The Bertz CT molecular complexity index is 557. The van der Waals surface area contributed by atoms with Gasteiger partial charge in [-0.15, -0.1) is 0 Å². The number of sulfonamides is 1. The Kier molecular flexibility index (Phi) is 5.09. The van der Waals surface area contributed by atoms with Crippen LogP contribution < -0.4 is 10.0 Å². The van der Waals surface area contributed by atoms with E-state index in [2.05, 4.69) is 14.9 Å². The van der Waals surface area contributed by atoms with Gasteiger partial charge in [0.15, 0.2) is 0 Å². The van der Waals surface area contributed by atoms with E-state index in [1.807, 2.05) is 0 Å². The van der Waals surface area contributed by atoms with E-state index in [0.29, 0.717) is 12.1 Å². The molecule has 1 heterocycles. The van der Waals surface area contributed by atoms with E-state index in [-0.39, 0.29) is 11.4 Å². The Labute approximate surface area is 119 Å². The minimum absolute atomic E-state index is 0.280. The molecule has 7 heteroatoms. The van der Waals surface area contributed by atoms with Crippen molar-refractivity contribution in [1.82, 2.24) is 14.9 Å². The van der Waals surface area contributed by atoms with E-state index >= 15 is 0 Å². The molecule has 1 aliphatic heterocycles. The number of nitrogens with one attached hydrogen (secondary N) is 2. The number of piperazine rings is 1. The number of hydrogen-bond acceptors (Lipinski definition) is 4. The molecule has 1 aliphatic rings. The van der Waals surface area contributed by atoms with Gasteiger partial charge in [0, 0.05) is 39.3 Å². The van der Waals surface area contributed by atoms with Crippen LogP contribution in [-0.4, -0.2) is 52.6 Å². The molecule has 1 saturated heterocycles. The molecule has 112 valence electrons. The molecular weight excluding hydrogens is 281 g/mol. The monoisotopic (exact) mass is 301 g/mol. The predicted molar refractivity (Wildman–Crippen MR) is 75.6 cm³/mol. The van der Waals surface area contributed by atoms with Crippen LogP contribution in [0.1, 0.15) is 5.56 Å². The lowest BCUT2D eigenvalue weighted by molar-refractivity contribution is 0.245. The third-order valence-electron chi connectivity index (χ3n) is 3.31. The van der Waals surface area contributed by atoms with Crippen LogP contribution >= 0.6 is 0 Å². The van der Waals surface area contributed by atoms with Crippen molar-refractivity contribution in [1.29, 1.82) is 0 Å². The number of nitrogens with zero attached hydrogens (tertiary/aromatic N) is 1. The van der Waals surface area contributed by atoms with Gasteiger partial charge in [0.2, 0.25) is 10.0 Å². The smallest absolute Gasteiger partial charge is 0.243 e. The summed E-state index contributed by atoms with van der Waals surface area (Å²) < 4.78 is 40.2. The first-order valence-corrected chi connectivity index (χ1v) is 8.16. The quantitative estimate of drug-likeness (QED) is 0.822. The zero-order valence-electron chi connectivity index (χ0n) is 11.5. The maximum absolute atomic E-state index is 13.6. The summed E-state index contributed by atoms with van der Waals surface area (Å²) in [7, 11) is -3.78. The van der Waals surface area contributed by atoms with Gasteiger partial charge in [-0.25, -0.2) is 17.5 Å². The fourth-order valence-electron chi connectivity index (χ4n) is 2.17. The SMILES string of the molecule is Cc1ccc(F)c(S(=O)(=O)NCCN2CCNCC2)c1. The molecule has 0 unspecified atom stereocenters. The first-order valence-electron chi connectivity index (χ1n) is 6.68. The Balaban J connectivity index is 1.95. The summed E-state index contributed by atoms with van der Waals surface area (Å²) in [6, 6.07) is 4.08. The summed E-state index contributed by atoms with van der Waals surface area (Å²) in [5, 5.41) is 3.23. The van der Waals surface area contributed by atoms with Crippen molar-refractivity contribution in [3.05, 3.63) is 29.6 Å². The van der Waals surface area contributed by atoms with E-state index in [9.17, 15) is 12.8 Å². The van der Waals surface area contributed by atoms with Gasteiger partial charge >= 0.3 is 0 Å². The molecule has 2 N–H and O–H groups in total. The zero-order chi connectivity index (χ0) is 14.6. The molecule has 1 aromatic rings. The molecule has 5 nitrogen and oxygen atoms in total. The molecule has 0 atom stereocenters. The van der Waals surface area contributed by atoms with Gasteiger partial charge in [-0.3, -0.25) is 4.90 Å². The number of rotatable bonds is 5. The average Bonchev–Trinajstić information content (AvgIpc) is 2.42. The normalized spacial score (nSPS) is 17.3. The molecule has 0 radical (unpaired) electrons. The van der Waals surface area contributed by atoms with Gasteiger partial charge in [0.1, 0.15) is 10.7 Å². The first-order chi connectivity index (χ1) is 9.49. The highest BCUT2D eigenvalue weighted by Gasteiger charge is 2.19. The second-order valence-corrected chi connectivity index (χ2v) is 6.66. The molecule has 1 fully saturated rings. The number of halogens is 1. The van der Waals surface area contributed by atoms with Crippen molar-refractivity contribution in [2.24, 2.45) is 0 Å². The van der Waals surface area contributed by atoms with Crippen LogP contribution in [0.3, 0.4) is 0 Å². The van der Waals surface area contributed by atoms with Crippen molar-refractivity contribution in [3.8, 4) is 0 Å². The van der Waals surface area contributed by atoms with Crippen LogP contribution in [0.25, 0.3) is 0 Å². The van der Waals surface area contributed by atoms with Crippen molar-refractivity contribution in [2.75, 3.05) is 39.3 Å². The van der Waals surface area contributed by atoms with Crippen LogP contribution in [0.4, 0.5) is 4.39 Å². The molecule has 0 spiro atoms. The number of hydrogen-bond donors (Lipinski definition) is 2. The largest absolute Gasteiger partial charge is 0.314 e. The summed E-state index contributed by atoms with van der Waals surface area (Å²) in [6.45, 7) is 6.29. The fourth-order valence-corrected chi connectivity index (χ4v) is 3.35. The van der Waals surface area contributed by atoms with Crippen LogP contribution in [0.5, 0.6) is 0 Å². The van der Waals surface area contributed by atoms with Crippen LogP contribution in [0.2, 0.25) is 0 Å². The van der Waals surface area contributed by atoms with Crippen LogP contribution in [0, 0.1) is 12.7 Å². The highest BCUT2D eigenvalue weighted by Crippen LogP contribution is 2.15. The molecule has 1 aromatic carbocycles. The van der Waals surface area contributed by atoms with E-state index in [1.165, 1.54) is 12.1 Å². The van der Waals surface area contributed by atoms with Crippen molar-refractivity contribution in [3.63, 3.8) is 0 Å². The maximum atomic E-state index is 13.6. The second-order valence-electron chi connectivity index (χ2n) is 4.92. The number of aryl methyl sites for hydroxylation is 1. The van der Waals surface area contributed by atoms with Gasteiger partial charge in [-0.2, -0.15) is 0 Å². The first kappa shape index (κ1) is 15.4. The highest BCUT2D eigenvalue weighted by atomic mass is 32.2. The van der Waals surface area contributed by atoms with E-state index in [0.717, 1.165) is 26.2 Å². The van der Waals surface area contributed by atoms with Crippen molar-refractivity contribution >= 4 is 10.0 Å². The third kappa shape index (κ3) is 3.99. The van der Waals surface area contributed by atoms with Crippen LogP contribution in [0.15, 0.2) is 23.1 Å². The number of benzene rings is 1. The lowest BCUT2D eigenvalue weighted by Gasteiger charge is -2.27. The Morgan fingerprint density at radius 2 is 2.05 bits per heavy atom. The summed E-state index contributed by atoms with van der Waals surface area (Å²) in [5.41, 5.74) is 0.717. The summed E-state index contributed by atoms with van der Waals surface area (Å²) >= 11 is 0. The summed E-state index contributed by atoms with van der Waals surface area (Å²) in [4.78, 5) is 1.89. The lowest BCUT2D eigenvalue weighted by Crippen LogP contribution is -2.46. The molecule has 0 bridgehead atoms. The van der Waals surface area contributed by atoms with Gasteiger partial charge in [-0.05, 0) is 24.6 Å². The van der Waals surface area contributed by atoms with Gasteiger partial charge in [-0.1, -0.05) is 6.07 Å². The van der Waals surface area contributed by atoms with Crippen molar-refractivity contribution < 1.29 is 12.8 Å². The van der Waals surface area contributed by atoms with Gasteiger partial charge < -0.3 is 5.32 Å².